The molecule has 5 rings (SSSR count). The van der Waals surface area contributed by atoms with E-state index >= 15 is 0 Å². The molecule has 2 aromatic rings. The molecule has 3 unspecified atom stereocenters. The molecular weight excluding hydrogens is 490 g/mol. The number of hydrogen-bond acceptors (Lipinski definition) is 7. The van der Waals surface area contributed by atoms with Crippen molar-refractivity contribution in [3.63, 3.8) is 0 Å². The van der Waals surface area contributed by atoms with Gasteiger partial charge in [-0.25, -0.2) is 14.2 Å². The van der Waals surface area contributed by atoms with Crippen molar-refractivity contribution in [3.05, 3.63) is 57.3 Å². The molecule has 0 spiro atoms. The normalized spacial score (nSPS) is 26.6. The van der Waals surface area contributed by atoms with Crippen LogP contribution in [0.15, 0.2) is 50.3 Å². The number of nitrogens with two attached hydrogens (primary N) is 1. The van der Waals surface area contributed by atoms with Crippen molar-refractivity contribution in [1.29, 1.82) is 0 Å². The highest BCUT2D eigenvalue weighted by Crippen LogP contribution is 2.44. The summed E-state index contributed by atoms with van der Waals surface area (Å²) in [4.78, 5) is 15.6. The molecule has 0 saturated heterocycles. The van der Waals surface area contributed by atoms with Gasteiger partial charge in [0.1, 0.15) is 16.5 Å². The topological polar surface area (TPSA) is 97.1 Å². The predicted octanol–water partition coefficient (Wildman–Crippen LogP) is 4.73. The largest absolute Gasteiger partial charge is 0.435 e. The monoisotopic (exact) mass is 515 g/mol. The molecule has 2 aromatic heterocycles. The van der Waals surface area contributed by atoms with Gasteiger partial charge < -0.3 is 10.2 Å². The van der Waals surface area contributed by atoms with Crippen LogP contribution in [0.25, 0.3) is 16.3 Å². The molecule has 3 aliphatic rings. The summed E-state index contributed by atoms with van der Waals surface area (Å²) in [6.45, 7) is 4.75. The van der Waals surface area contributed by atoms with Crippen LogP contribution in [0.3, 0.4) is 0 Å². The van der Waals surface area contributed by atoms with Gasteiger partial charge in [0.25, 0.3) is 0 Å². The van der Waals surface area contributed by atoms with E-state index in [1.54, 1.807) is 7.05 Å². The SMILES string of the molecule is CCc1nc(-c2cc(Cl)c(C3(C)CS(=O)N(C)C(N)=N3)s2)oc1C1=C2C=CC=CC2CCN=C1. The van der Waals surface area contributed by atoms with Crippen molar-refractivity contribution in [3.8, 4) is 10.8 Å². The highest BCUT2D eigenvalue weighted by Gasteiger charge is 2.39. The zero-order valence-electron chi connectivity index (χ0n) is 19.2. The number of oxazole rings is 1. The number of fused-ring (bicyclic) bond motifs is 1. The lowest BCUT2D eigenvalue weighted by atomic mass is 9.88. The molecule has 1 aliphatic carbocycles. The van der Waals surface area contributed by atoms with E-state index in [2.05, 4.69) is 41.2 Å². The van der Waals surface area contributed by atoms with Gasteiger partial charge in [-0.3, -0.25) is 9.30 Å². The predicted molar refractivity (Wildman–Crippen MR) is 141 cm³/mol. The van der Waals surface area contributed by atoms with Crippen LogP contribution in [0.2, 0.25) is 5.02 Å². The minimum Gasteiger partial charge on any atom is -0.435 e. The molecule has 7 nitrogen and oxygen atoms in total. The first kappa shape index (κ1) is 23.3. The average molecular weight is 516 g/mol. The van der Waals surface area contributed by atoms with Gasteiger partial charge in [-0.2, -0.15) is 0 Å². The number of nitrogens with zero attached hydrogens (tertiary/aromatic N) is 4. The number of aliphatic imine (C=N–C) groups is 2. The van der Waals surface area contributed by atoms with Crippen molar-refractivity contribution < 1.29 is 8.63 Å². The zero-order valence-corrected chi connectivity index (χ0v) is 21.6. The smallest absolute Gasteiger partial charge is 0.237 e. The first-order valence-electron chi connectivity index (χ1n) is 11.2. The summed E-state index contributed by atoms with van der Waals surface area (Å²) in [5.41, 5.74) is 8.31. The third-order valence-electron chi connectivity index (χ3n) is 6.29. The number of rotatable bonds is 4. The molecule has 0 saturated carbocycles. The third-order valence-corrected chi connectivity index (χ3v) is 9.68. The van der Waals surface area contributed by atoms with Crippen molar-refractivity contribution in [2.24, 2.45) is 21.6 Å². The second kappa shape index (κ2) is 8.94. The van der Waals surface area contributed by atoms with Crippen molar-refractivity contribution in [1.82, 2.24) is 9.29 Å². The number of hydrogen-bond donors (Lipinski definition) is 1. The fraction of sp³-hybridized carbons (Fsp3) is 0.375. The maximum Gasteiger partial charge on any atom is 0.237 e. The Morgan fingerprint density at radius 2 is 2.24 bits per heavy atom. The lowest BCUT2D eigenvalue weighted by molar-refractivity contribution is 0.524. The van der Waals surface area contributed by atoms with Gasteiger partial charge in [-0.05, 0) is 31.4 Å². The van der Waals surface area contributed by atoms with Gasteiger partial charge in [-0.15, -0.1) is 11.3 Å². The van der Waals surface area contributed by atoms with Crippen LogP contribution in [-0.4, -0.2) is 45.0 Å². The maximum absolute atomic E-state index is 12.6. The van der Waals surface area contributed by atoms with E-state index in [1.807, 2.05) is 19.2 Å². The zero-order chi connectivity index (χ0) is 24.0. The summed E-state index contributed by atoms with van der Waals surface area (Å²) in [6, 6.07) is 1.85. The molecule has 10 heteroatoms. The second-order valence-electron chi connectivity index (χ2n) is 8.69. The van der Waals surface area contributed by atoms with Crippen LogP contribution < -0.4 is 5.73 Å². The quantitative estimate of drug-likeness (QED) is 0.636. The fourth-order valence-electron chi connectivity index (χ4n) is 4.42. The molecule has 2 aliphatic heterocycles. The Labute approximate surface area is 210 Å². The molecule has 0 radical (unpaired) electrons. The summed E-state index contributed by atoms with van der Waals surface area (Å²) < 4.78 is 20.4. The molecular formula is C24H26ClN5O2S2. The van der Waals surface area contributed by atoms with Crippen molar-refractivity contribution >= 4 is 51.7 Å². The summed E-state index contributed by atoms with van der Waals surface area (Å²) in [7, 11) is 0.387. The first-order chi connectivity index (χ1) is 16.3. The Hall–Kier alpha value is -2.49. The lowest BCUT2D eigenvalue weighted by Crippen LogP contribution is -2.47. The van der Waals surface area contributed by atoms with Gasteiger partial charge >= 0.3 is 0 Å². The second-order valence-corrected chi connectivity index (χ2v) is 11.6. The van der Waals surface area contributed by atoms with Crippen LogP contribution in [0.5, 0.6) is 0 Å². The third kappa shape index (κ3) is 3.99. The Bertz CT molecular complexity index is 1320. The van der Waals surface area contributed by atoms with Gasteiger partial charge in [0.2, 0.25) is 11.9 Å². The molecule has 0 aromatic carbocycles. The maximum atomic E-state index is 12.6. The minimum atomic E-state index is -1.28. The first-order valence-corrected chi connectivity index (χ1v) is 13.6. The number of aromatic nitrogens is 1. The summed E-state index contributed by atoms with van der Waals surface area (Å²) in [5.74, 6) is 2.11. The van der Waals surface area contributed by atoms with Crippen LogP contribution >= 0.6 is 22.9 Å². The Balaban J connectivity index is 1.58. The standard InChI is InChI=1S/C24H26ClN5O2S2/c1-4-18-20(16-12-27-10-9-14-7-5-6-8-15(14)16)32-22(28-18)19-11-17(25)21(33-19)24(2)13-34(31)30(3)23(26)29-24/h5-8,11-12,14H,4,9-10,13H2,1-3H3,(H2,26,29). The highest BCUT2D eigenvalue weighted by molar-refractivity contribution is 7.83. The Morgan fingerprint density at radius 3 is 3.00 bits per heavy atom. The molecule has 178 valence electrons. The van der Waals surface area contributed by atoms with Gasteiger partial charge in [0.15, 0.2) is 5.76 Å². The molecule has 0 bridgehead atoms. The Kier molecular flexibility index (Phi) is 6.12. The van der Waals surface area contributed by atoms with Crippen LogP contribution in [-0.2, 0) is 22.9 Å². The highest BCUT2D eigenvalue weighted by atomic mass is 35.5. The van der Waals surface area contributed by atoms with E-state index in [0.29, 0.717) is 22.6 Å². The van der Waals surface area contributed by atoms with E-state index in [0.717, 1.165) is 46.2 Å². The van der Waals surface area contributed by atoms with E-state index in [-0.39, 0.29) is 5.96 Å². The molecule has 3 atom stereocenters. The van der Waals surface area contributed by atoms with Crippen LogP contribution in [0.1, 0.15) is 36.6 Å². The van der Waals surface area contributed by atoms with Crippen molar-refractivity contribution in [2.45, 2.75) is 32.2 Å². The summed E-state index contributed by atoms with van der Waals surface area (Å²) in [5, 5.41) is 0.539. The van der Waals surface area contributed by atoms with E-state index in [9.17, 15) is 4.21 Å². The van der Waals surface area contributed by atoms with E-state index in [1.165, 1.54) is 21.2 Å². The van der Waals surface area contributed by atoms with Gasteiger partial charge in [0.05, 0.1) is 26.2 Å². The number of guanidine groups is 1. The van der Waals surface area contributed by atoms with Crippen LogP contribution in [0.4, 0.5) is 0 Å². The Morgan fingerprint density at radius 1 is 1.41 bits per heavy atom. The van der Waals surface area contributed by atoms with E-state index < -0.39 is 16.5 Å². The summed E-state index contributed by atoms with van der Waals surface area (Å²) in [6.07, 6.45) is 12.1. The molecule has 0 amide bonds. The van der Waals surface area contributed by atoms with Crippen LogP contribution in [0, 0.1) is 5.92 Å². The van der Waals surface area contributed by atoms with Gasteiger partial charge in [0, 0.05) is 31.3 Å². The molecule has 34 heavy (non-hydrogen) atoms. The fourth-order valence-corrected chi connectivity index (χ4v) is 7.20. The van der Waals surface area contributed by atoms with Crippen molar-refractivity contribution in [2.75, 3.05) is 19.3 Å². The molecule has 2 N–H and O–H groups in total. The minimum absolute atomic E-state index is 0.231. The van der Waals surface area contributed by atoms with E-state index in [4.69, 9.17) is 26.7 Å². The number of halogens is 1. The summed E-state index contributed by atoms with van der Waals surface area (Å²) >= 11 is 8.11. The number of allylic oxidation sites excluding steroid dienone is 6. The number of thiophene rings is 1. The number of aryl methyl sites for hydroxylation is 1. The lowest BCUT2D eigenvalue weighted by Gasteiger charge is -2.33. The molecule has 4 heterocycles. The van der Waals surface area contributed by atoms with Gasteiger partial charge in [-0.1, -0.05) is 42.8 Å². The molecule has 0 fully saturated rings. The average Bonchev–Trinajstić information content (AvgIpc) is 3.35.